The van der Waals surface area contributed by atoms with Crippen LogP contribution in [0.5, 0.6) is 0 Å². The molecule has 0 radical (unpaired) electrons. The van der Waals surface area contributed by atoms with Crippen molar-refractivity contribution in [2.24, 2.45) is 0 Å². The molecule has 0 saturated carbocycles. The van der Waals surface area contributed by atoms with Crippen molar-refractivity contribution < 1.29 is 4.21 Å². The summed E-state index contributed by atoms with van der Waals surface area (Å²) < 4.78 is 19.3. The first-order valence-electron chi connectivity index (χ1n) is 3.69. The first kappa shape index (κ1) is 10.8. The van der Waals surface area contributed by atoms with Crippen LogP contribution in [0.1, 0.15) is 6.92 Å². The molecule has 72 valence electrons. The molecule has 0 bridgehead atoms. The molecule has 0 saturated heterocycles. The van der Waals surface area contributed by atoms with Crippen LogP contribution in [0.15, 0.2) is 23.1 Å². The summed E-state index contributed by atoms with van der Waals surface area (Å²) in [6.45, 7) is 1.68. The Labute approximate surface area is 87.8 Å². The second-order valence-electron chi connectivity index (χ2n) is 2.51. The van der Waals surface area contributed by atoms with Crippen LogP contribution >= 0.6 is 23.2 Å². The van der Waals surface area contributed by atoms with E-state index in [9.17, 15) is 4.21 Å². The topological polar surface area (TPSA) is 40.9 Å². The largest absolute Gasteiger partial charge is 0.249 e. The van der Waals surface area contributed by atoms with E-state index in [4.69, 9.17) is 28.0 Å². The van der Waals surface area contributed by atoms with Crippen LogP contribution in [0.25, 0.3) is 0 Å². The molecule has 0 aliphatic heterocycles. The average molecular weight is 238 g/mol. The first-order valence-corrected chi connectivity index (χ1v) is 6.18. The predicted octanol–water partition coefficient (Wildman–Crippen LogP) is 3.42. The summed E-state index contributed by atoms with van der Waals surface area (Å²) in [6.07, 6.45) is 0. The van der Waals surface area contributed by atoms with E-state index in [1.54, 1.807) is 25.1 Å². The molecular formula is C8H9Cl2NOS. The van der Waals surface area contributed by atoms with E-state index < -0.39 is 9.73 Å². The molecule has 0 aliphatic rings. The van der Waals surface area contributed by atoms with Crippen molar-refractivity contribution in [1.29, 1.82) is 4.78 Å². The standard InChI is InChI=1S/C8H9Cl2NOS/c1-2-13(11,12)8-6(9)4-3-5-7(8)10/h3-5,11H,2H2,1H3/t13-/m0/s1. The number of hydrogen-bond donors (Lipinski definition) is 1. The van der Waals surface area contributed by atoms with Crippen molar-refractivity contribution in [2.75, 3.05) is 5.75 Å². The number of rotatable bonds is 2. The normalized spacial score (nSPS) is 15.3. The third-order valence-corrected chi connectivity index (χ3v) is 4.42. The van der Waals surface area contributed by atoms with Gasteiger partial charge in [-0.2, -0.15) is 0 Å². The molecule has 1 aromatic rings. The van der Waals surface area contributed by atoms with Gasteiger partial charge in [0, 0.05) is 5.75 Å². The van der Waals surface area contributed by atoms with Crippen molar-refractivity contribution in [3.05, 3.63) is 28.2 Å². The summed E-state index contributed by atoms with van der Waals surface area (Å²) in [6, 6.07) is 4.85. The highest BCUT2D eigenvalue weighted by molar-refractivity contribution is 7.92. The van der Waals surface area contributed by atoms with E-state index in [0.29, 0.717) is 10.0 Å². The Morgan fingerprint density at radius 3 is 2.23 bits per heavy atom. The molecule has 0 amide bonds. The van der Waals surface area contributed by atoms with Gasteiger partial charge in [-0.15, -0.1) is 0 Å². The van der Waals surface area contributed by atoms with Gasteiger partial charge >= 0.3 is 0 Å². The van der Waals surface area contributed by atoms with E-state index in [2.05, 4.69) is 0 Å². The summed E-state index contributed by atoms with van der Waals surface area (Å²) in [7, 11) is -2.82. The lowest BCUT2D eigenvalue weighted by atomic mass is 10.4. The fourth-order valence-electron chi connectivity index (χ4n) is 0.942. The third kappa shape index (κ3) is 2.16. The van der Waals surface area contributed by atoms with Gasteiger partial charge in [-0.25, -0.2) is 8.99 Å². The minimum Gasteiger partial charge on any atom is -0.249 e. The zero-order valence-corrected chi connectivity index (χ0v) is 9.34. The lowest BCUT2D eigenvalue weighted by molar-refractivity contribution is 0.675. The highest BCUT2D eigenvalue weighted by Crippen LogP contribution is 2.29. The fraction of sp³-hybridized carbons (Fsp3) is 0.250. The maximum atomic E-state index is 11.7. The molecule has 0 spiro atoms. The Balaban J connectivity index is 3.46. The van der Waals surface area contributed by atoms with E-state index >= 15 is 0 Å². The van der Waals surface area contributed by atoms with Gasteiger partial charge in [-0.05, 0) is 12.1 Å². The summed E-state index contributed by atoms with van der Waals surface area (Å²) >= 11 is 11.6. The van der Waals surface area contributed by atoms with E-state index in [-0.39, 0.29) is 10.6 Å². The number of benzene rings is 1. The van der Waals surface area contributed by atoms with Gasteiger partial charge in [0.25, 0.3) is 0 Å². The van der Waals surface area contributed by atoms with Crippen LogP contribution in [0.2, 0.25) is 10.0 Å². The van der Waals surface area contributed by atoms with Crippen molar-refractivity contribution in [3.8, 4) is 0 Å². The summed E-state index contributed by atoms with van der Waals surface area (Å²) in [5.74, 6) is 0.219. The minimum atomic E-state index is -2.82. The monoisotopic (exact) mass is 237 g/mol. The second-order valence-corrected chi connectivity index (χ2v) is 5.67. The molecule has 1 N–H and O–H groups in total. The third-order valence-electron chi connectivity index (χ3n) is 1.66. The van der Waals surface area contributed by atoms with Crippen LogP contribution in [-0.4, -0.2) is 9.96 Å². The average Bonchev–Trinajstić information content (AvgIpc) is 2.03. The molecule has 5 heteroatoms. The maximum absolute atomic E-state index is 11.7. The summed E-state index contributed by atoms with van der Waals surface area (Å²) in [5.41, 5.74) is 0. The quantitative estimate of drug-likeness (QED) is 0.842. The predicted molar refractivity (Wildman–Crippen MR) is 56.1 cm³/mol. The molecule has 1 atom stereocenters. The lowest BCUT2D eigenvalue weighted by Gasteiger charge is -2.08. The Morgan fingerprint density at radius 1 is 1.38 bits per heavy atom. The Kier molecular flexibility index (Phi) is 3.22. The maximum Gasteiger partial charge on any atom is 0.0844 e. The number of hydrogen-bond acceptors (Lipinski definition) is 2. The molecule has 0 fully saturated rings. The molecule has 13 heavy (non-hydrogen) atoms. The smallest absolute Gasteiger partial charge is 0.0844 e. The van der Waals surface area contributed by atoms with Gasteiger partial charge in [0.05, 0.1) is 24.7 Å². The van der Waals surface area contributed by atoms with Gasteiger partial charge in [0.15, 0.2) is 0 Å². The molecule has 0 aromatic heterocycles. The number of nitrogens with one attached hydrogen (secondary N) is 1. The Morgan fingerprint density at radius 2 is 1.85 bits per heavy atom. The molecule has 0 unspecified atom stereocenters. The Hall–Kier alpha value is -0.250. The van der Waals surface area contributed by atoms with E-state index in [1.807, 2.05) is 0 Å². The van der Waals surface area contributed by atoms with Crippen LogP contribution in [-0.2, 0) is 9.73 Å². The minimum absolute atomic E-state index is 0.219. The van der Waals surface area contributed by atoms with Crippen molar-refractivity contribution >= 4 is 32.9 Å². The van der Waals surface area contributed by atoms with Gasteiger partial charge < -0.3 is 0 Å². The molecule has 2 nitrogen and oxygen atoms in total. The molecule has 1 rings (SSSR count). The van der Waals surface area contributed by atoms with E-state index in [0.717, 1.165) is 0 Å². The van der Waals surface area contributed by atoms with E-state index in [1.165, 1.54) is 0 Å². The number of halogens is 2. The molecule has 1 aromatic carbocycles. The second kappa shape index (κ2) is 3.86. The molecule has 0 aliphatic carbocycles. The summed E-state index contributed by atoms with van der Waals surface area (Å²) in [4.78, 5) is 0.251. The zero-order chi connectivity index (χ0) is 10.1. The highest BCUT2D eigenvalue weighted by atomic mass is 35.5. The van der Waals surface area contributed by atoms with Gasteiger partial charge in [0.1, 0.15) is 0 Å². The zero-order valence-electron chi connectivity index (χ0n) is 7.01. The first-order chi connectivity index (χ1) is 5.99. The van der Waals surface area contributed by atoms with Crippen LogP contribution in [0.3, 0.4) is 0 Å². The molecule has 0 heterocycles. The SMILES string of the molecule is CC[S@](=N)(=O)c1c(Cl)cccc1Cl. The van der Waals surface area contributed by atoms with Gasteiger partial charge in [0.2, 0.25) is 0 Å². The van der Waals surface area contributed by atoms with Crippen molar-refractivity contribution in [3.63, 3.8) is 0 Å². The summed E-state index contributed by atoms with van der Waals surface area (Å²) in [5, 5.41) is 0.601. The van der Waals surface area contributed by atoms with Crippen molar-refractivity contribution in [1.82, 2.24) is 0 Å². The van der Waals surface area contributed by atoms with Gasteiger partial charge in [-0.3, -0.25) is 0 Å². The van der Waals surface area contributed by atoms with Crippen molar-refractivity contribution in [2.45, 2.75) is 11.8 Å². The van der Waals surface area contributed by atoms with Crippen LogP contribution < -0.4 is 0 Å². The Bertz CT molecular complexity index is 394. The van der Waals surface area contributed by atoms with Gasteiger partial charge in [-0.1, -0.05) is 36.2 Å². The van der Waals surface area contributed by atoms with Crippen LogP contribution in [0, 0.1) is 4.78 Å². The lowest BCUT2D eigenvalue weighted by Crippen LogP contribution is -2.03. The fourth-order valence-corrected chi connectivity index (χ4v) is 3.14. The van der Waals surface area contributed by atoms with Crippen LogP contribution in [0.4, 0.5) is 0 Å². The highest BCUT2D eigenvalue weighted by Gasteiger charge is 2.15. The molecular weight excluding hydrogens is 229 g/mol.